The molecule has 7 nitrogen and oxygen atoms in total. The predicted octanol–water partition coefficient (Wildman–Crippen LogP) is 3.52. The van der Waals surface area contributed by atoms with Crippen LogP contribution in [-0.4, -0.2) is 29.0 Å². The highest BCUT2D eigenvalue weighted by molar-refractivity contribution is 6.06. The number of urea groups is 1. The van der Waals surface area contributed by atoms with E-state index in [1.807, 2.05) is 29.6 Å². The Labute approximate surface area is 176 Å². The second-order valence-electron chi connectivity index (χ2n) is 8.61. The molecule has 3 amide bonds. The van der Waals surface area contributed by atoms with E-state index in [1.165, 1.54) is 6.92 Å². The number of hydrogen-bond acceptors (Lipinski definition) is 5. The molecular weight excluding hydrogens is 382 g/mol. The van der Waals surface area contributed by atoms with E-state index in [2.05, 4.69) is 20.8 Å². The molecule has 0 saturated heterocycles. The van der Waals surface area contributed by atoms with E-state index in [0.717, 1.165) is 42.5 Å². The number of imide groups is 1. The number of nitrogens with two attached hydrogens (primary N) is 1. The van der Waals surface area contributed by atoms with E-state index < -0.39 is 24.0 Å². The van der Waals surface area contributed by atoms with Crippen LogP contribution in [0.15, 0.2) is 24.3 Å². The summed E-state index contributed by atoms with van der Waals surface area (Å²) >= 11 is 0. The number of ether oxygens (including phenoxy) is 1. The lowest BCUT2D eigenvalue weighted by Crippen LogP contribution is -2.42. The van der Waals surface area contributed by atoms with Gasteiger partial charge in [0.1, 0.15) is 0 Å². The number of hydrogen-bond donors (Lipinski definition) is 2. The summed E-state index contributed by atoms with van der Waals surface area (Å²) in [6, 6.07) is 6.47. The van der Waals surface area contributed by atoms with Gasteiger partial charge in [0, 0.05) is 11.1 Å². The summed E-state index contributed by atoms with van der Waals surface area (Å²) in [7, 11) is 0. The summed E-state index contributed by atoms with van der Waals surface area (Å²) in [5, 5.41) is 2.65. The van der Waals surface area contributed by atoms with Crippen LogP contribution in [0.4, 0.5) is 4.79 Å². The molecule has 0 saturated carbocycles. The van der Waals surface area contributed by atoms with Crippen LogP contribution in [0.1, 0.15) is 62.2 Å². The number of benzene rings is 1. The summed E-state index contributed by atoms with van der Waals surface area (Å²) in [5.74, 6) is -0.930. The lowest BCUT2D eigenvalue weighted by atomic mass is 9.68. The van der Waals surface area contributed by atoms with Crippen LogP contribution in [0.3, 0.4) is 0 Å². The third-order valence-corrected chi connectivity index (χ3v) is 6.38. The molecule has 2 atom stereocenters. The summed E-state index contributed by atoms with van der Waals surface area (Å²) in [6.45, 7) is 8.11. The minimum Gasteiger partial charge on any atom is -0.449 e. The smallest absolute Gasteiger partial charge is 0.339 e. The quantitative estimate of drug-likeness (QED) is 0.731. The van der Waals surface area contributed by atoms with Crippen molar-refractivity contribution in [3.05, 3.63) is 41.1 Å². The molecule has 0 radical (unpaired) electrons. The van der Waals surface area contributed by atoms with Crippen LogP contribution in [0.2, 0.25) is 0 Å². The van der Waals surface area contributed by atoms with Gasteiger partial charge in [0.05, 0.1) is 11.1 Å². The number of pyridine rings is 1. The number of primary amides is 1. The number of aromatic nitrogens is 1. The molecule has 0 spiro atoms. The number of carbonyl (C=O) groups is 3. The second kappa shape index (κ2) is 8.42. The molecule has 0 fully saturated rings. The maximum atomic E-state index is 13.2. The third-order valence-electron chi connectivity index (χ3n) is 6.38. The fraction of sp³-hybridized carbons (Fsp3) is 0.478. The Hall–Kier alpha value is -2.96. The first-order chi connectivity index (χ1) is 14.1. The molecule has 1 aromatic heterocycles. The van der Waals surface area contributed by atoms with Crippen molar-refractivity contribution in [1.29, 1.82) is 0 Å². The van der Waals surface area contributed by atoms with Crippen LogP contribution < -0.4 is 11.1 Å². The Morgan fingerprint density at radius 2 is 2.00 bits per heavy atom. The van der Waals surface area contributed by atoms with Crippen LogP contribution in [0.25, 0.3) is 10.9 Å². The van der Waals surface area contributed by atoms with Gasteiger partial charge in [-0.1, -0.05) is 45.4 Å². The highest BCUT2D eigenvalue weighted by atomic mass is 16.5. The molecule has 0 bridgehead atoms. The van der Waals surface area contributed by atoms with E-state index in [-0.39, 0.29) is 5.41 Å². The minimum absolute atomic E-state index is 0.138. The number of fused-ring (bicyclic) bond motifs is 2. The molecule has 1 aliphatic rings. The summed E-state index contributed by atoms with van der Waals surface area (Å²) < 4.78 is 5.43. The lowest BCUT2D eigenvalue weighted by Gasteiger charge is -2.37. The van der Waals surface area contributed by atoms with Crippen molar-refractivity contribution >= 4 is 28.8 Å². The lowest BCUT2D eigenvalue weighted by molar-refractivity contribution is -0.127. The Morgan fingerprint density at radius 3 is 2.67 bits per heavy atom. The molecule has 0 unspecified atom stereocenters. The number of rotatable bonds is 5. The zero-order valence-electron chi connectivity index (χ0n) is 18.0. The molecule has 3 N–H and O–H groups in total. The fourth-order valence-electron chi connectivity index (χ4n) is 4.07. The van der Waals surface area contributed by atoms with E-state index in [1.54, 1.807) is 0 Å². The molecule has 1 aromatic carbocycles. The molecule has 3 rings (SSSR count). The normalized spacial score (nSPS) is 17.1. The van der Waals surface area contributed by atoms with Crippen LogP contribution >= 0.6 is 0 Å². The van der Waals surface area contributed by atoms with Gasteiger partial charge < -0.3 is 10.5 Å². The van der Waals surface area contributed by atoms with Gasteiger partial charge in [0.25, 0.3) is 5.91 Å². The van der Waals surface area contributed by atoms with Crippen LogP contribution in [-0.2, 0) is 22.4 Å². The minimum atomic E-state index is -1.15. The molecule has 2 aromatic rings. The molecule has 160 valence electrons. The Balaban J connectivity index is 2.02. The molecule has 1 heterocycles. The van der Waals surface area contributed by atoms with E-state index in [4.69, 9.17) is 15.5 Å². The first kappa shape index (κ1) is 21.7. The van der Waals surface area contributed by atoms with Gasteiger partial charge in [-0.25, -0.2) is 9.59 Å². The van der Waals surface area contributed by atoms with Crippen molar-refractivity contribution in [3.63, 3.8) is 0 Å². The first-order valence-electron chi connectivity index (χ1n) is 10.4. The molecular formula is C23H29N3O4. The predicted molar refractivity (Wildman–Crippen MR) is 114 cm³/mol. The highest BCUT2D eigenvalue weighted by Crippen LogP contribution is 2.41. The van der Waals surface area contributed by atoms with Crippen molar-refractivity contribution < 1.29 is 19.1 Å². The average molecular weight is 412 g/mol. The SMILES string of the molecule is CCC(C)(C)[C@H]1CCc2nc3ccccc3c(C(=O)O[C@@H](C)C(=O)NC(N)=O)c2C1. The van der Waals surface area contributed by atoms with Crippen molar-refractivity contribution in [1.82, 2.24) is 10.3 Å². The first-order valence-corrected chi connectivity index (χ1v) is 10.4. The fourth-order valence-corrected chi connectivity index (χ4v) is 4.07. The van der Waals surface area contributed by atoms with Gasteiger partial charge in [0.2, 0.25) is 0 Å². The molecule has 7 heteroatoms. The van der Waals surface area contributed by atoms with E-state index >= 15 is 0 Å². The zero-order chi connectivity index (χ0) is 22.1. The number of carbonyl (C=O) groups excluding carboxylic acids is 3. The van der Waals surface area contributed by atoms with E-state index in [9.17, 15) is 14.4 Å². The van der Waals surface area contributed by atoms with Crippen LogP contribution in [0, 0.1) is 11.3 Å². The number of para-hydroxylation sites is 1. The van der Waals surface area contributed by atoms with Crippen molar-refractivity contribution in [2.24, 2.45) is 17.1 Å². The number of nitrogens with zero attached hydrogens (tertiary/aromatic N) is 1. The standard InChI is InChI=1S/C23H29N3O4/c1-5-23(3,4)14-10-11-18-16(12-14)19(15-8-6-7-9-17(15)25-18)21(28)30-13(2)20(27)26-22(24)29/h6-9,13-14H,5,10-12H2,1-4H3,(H3,24,26,27,29)/t13-,14-/m0/s1. The van der Waals surface area contributed by atoms with Gasteiger partial charge in [-0.15, -0.1) is 0 Å². The Kier molecular flexibility index (Phi) is 6.10. The number of amides is 3. The Bertz CT molecular complexity index is 999. The maximum Gasteiger partial charge on any atom is 0.339 e. The largest absolute Gasteiger partial charge is 0.449 e. The van der Waals surface area contributed by atoms with Crippen molar-refractivity contribution in [2.75, 3.05) is 0 Å². The molecule has 30 heavy (non-hydrogen) atoms. The summed E-state index contributed by atoms with van der Waals surface area (Å²) in [5.41, 5.74) is 8.13. The summed E-state index contributed by atoms with van der Waals surface area (Å²) in [6.07, 6.45) is 2.44. The van der Waals surface area contributed by atoms with Crippen LogP contribution in [0.5, 0.6) is 0 Å². The van der Waals surface area contributed by atoms with Gasteiger partial charge in [-0.3, -0.25) is 15.1 Å². The number of nitrogens with one attached hydrogen (secondary N) is 1. The Morgan fingerprint density at radius 1 is 1.30 bits per heavy atom. The van der Waals surface area contributed by atoms with Gasteiger partial charge in [-0.2, -0.15) is 0 Å². The monoisotopic (exact) mass is 411 g/mol. The van der Waals surface area contributed by atoms with Crippen molar-refractivity contribution in [2.45, 2.75) is 59.5 Å². The van der Waals surface area contributed by atoms with Gasteiger partial charge in [-0.05, 0) is 49.1 Å². The average Bonchev–Trinajstić information content (AvgIpc) is 2.70. The van der Waals surface area contributed by atoms with Crippen molar-refractivity contribution in [3.8, 4) is 0 Å². The third kappa shape index (κ3) is 4.30. The maximum absolute atomic E-state index is 13.2. The van der Waals surface area contributed by atoms with Gasteiger partial charge in [0.15, 0.2) is 6.10 Å². The zero-order valence-corrected chi connectivity index (χ0v) is 18.0. The highest BCUT2D eigenvalue weighted by Gasteiger charge is 2.35. The molecule has 1 aliphatic carbocycles. The number of aryl methyl sites for hydroxylation is 1. The van der Waals surface area contributed by atoms with E-state index in [0.29, 0.717) is 16.9 Å². The van der Waals surface area contributed by atoms with Gasteiger partial charge >= 0.3 is 12.0 Å². The second-order valence-corrected chi connectivity index (χ2v) is 8.61. The molecule has 0 aliphatic heterocycles. The summed E-state index contributed by atoms with van der Waals surface area (Å²) in [4.78, 5) is 40.9. The topological polar surface area (TPSA) is 111 Å². The number of esters is 1.